The third-order valence-electron chi connectivity index (χ3n) is 3.72. The predicted molar refractivity (Wildman–Crippen MR) is 76.9 cm³/mol. The van der Waals surface area contributed by atoms with Crippen molar-refractivity contribution in [3.63, 3.8) is 0 Å². The van der Waals surface area contributed by atoms with Crippen LogP contribution in [0.5, 0.6) is 0 Å². The largest absolute Gasteiger partial charge is 0.480 e. The lowest BCUT2D eigenvalue weighted by Gasteiger charge is -2.27. The number of rotatable bonds is 4. The Labute approximate surface area is 123 Å². The van der Waals surface area contributed by atoms with Gasteiger partial charge in [0.25, 0.3) is 0 Å². The molecule has 2 rings (SSSR count). The summed E-state index contributed by atoms with van der Waals surface area (Å²) in [5, 5.41) is 18.7. The molecular formula is C15H20N2O4. The first kappa shape index (κ1) is 15.3. The van der Waals surface area contributed by atoms with Crippen molar-refractivity contribution in [3.05, 3.63) is 35.9 Å². The quantitative estimate of drug-likeness (QED) is 0.860. The Morgan fingerprint density at radius 1 is 1.33 bits per heavy atom. The molecule has 0 bridgehead atoms. The Balaban J connectivity index is 1.94. The molecule has 6 nitrogen and oxygen atoms in total. The van der Waals surface area contributed by atoms with Gasteiger partial charge >= 0.3 is 12.0 Å². The van der Waals surface area contributed by atoms with Gasteiger partial charge in [-0.05, 0) is 12.0 Å². The molecule has 114 valence electrons. The number of urea groups is 1. The Morgan fingerprint density at radius 3 is 2.62 bits per heavy atom. The van der Waals surface area contributed by atoms with E-state index >= 15 is 0 Å². The van der Waals surface area contributed by atoms with E-state index in [-0.39, 0.29) is 19.0 Å². The van der Waals surface area contributed by atoms with E-state index in [0.29, 0.717) is 13.0 Å². The SMILES string of the molecule is CN(CCc1ccccc1)C(=O)N1CC(O)C[C@H]1C(=O)O. The average molecular weight is 292 g/mol. The first-order valence-electron chi connectivity index (χ1n) is 6.95. The van der Waals surface area contributed by atoms with Crippen molar-refractivity contribution in [2.75, 3.05) is 20.1 Å². The van der Waals surface area contributed by atoms with Crippen LogP contribution >= 0.6 is 0 Å². The number of amides is 2. The van der Waals surface area contributed by atoms with Gasteiger partial charge < -0.3 is 20.0 Å². The van der Waals surface area contributed by atoms with E-state index in [2.05, 4.69) is 0 Å². The van der Waals surface area contributed by atoms with Crippen LogP contribution in [0.25, 0.3) is 0 Å². The van der Waals surface area contributed by atoms with Gasteiger partial charge in [-0.25, -0.2) is 9.59 Å². The highest BCUT2D eigenvalue weighted by Gasteiger charge is 2.39. The predicted octanol–water partition coefficient (Wildman–Crippen LogP) is 0.801. The van der Waals surface area contributed by atoms with Gasteiger partial charge in [0, 0.05) is 26.6 Å². The highest BCUT2D eigenvalue weighted by Crippen LogP contribution is 2.19. The van der Waals surface area contributed by atoms with Gasteiger partial charge in [0.05, 0.1) is 6.10 Å². The molecule has 0 aromatic heterocycles. The summed E-state index contributed by atoms with van der Waals surface area (Å²) in [5.74, 6) is -1.07. The van der Waals surface area contributed by atoms with Crippen LogP contribution in [0.2, 0.25) is 0 Å². The molecule has 1 aliphatic rings. The molecule has 0 spiro atoms. The lowest BCUT2D eigenvalue weighted by molar-refractivity contribution is -0.141. The van der Waals surface area contributed by atoms with Crippen molar-refractivity contribution in [2.45, 2.75) is 25.0 Å². The van der Waals surface area contributed by atoms with E-state index in [1.165, 1.54) is 9.80 Å². The number of carboxylic acid groups (broad SMARTS) is 1. The summed E-state index contributed by atoms with van der Waals surface area (Å²) in [6, 6.07) is 8.49. The number of aliphatic hydroxyl groups excluding tert-OH is 1. The average Bonchev–Trinajstić information content (AvgIpc) is 2.87. The van der Waals surface area contributed by atoms with Gasteiger partial charge in [0.1, 0.15) is 6.04 Å². The van der Waals surface area contributed by atoms with E-state index < -0.39 is 18.1 Å². The number of aliphatic hydroxyl groups is 1. The van der Waals surface area contributed by atoms with E-state index in [9.17, 15) is 14.7 Å². The fourth-order valence-electron chi connectivity index (χ4n) is 2.52. The molecule has 2 N–H and O–H groups in total. The van der Waals surface area contributed by atoms with Crippen molar-refractivity contribution in [3.8, 4) is 0 Å². The third kappa shape index (κ3) is 3.72. The molecule has 2 atom stereocenters. The van der Waals surface area contributed by atoms with Crippen molar-refractivity contribution in [2.24, 2.45) is 0 Å². The van der Waals surface area contributed by atoms with Crippen LogP contribution in [0, 0.1) is 0 Å². The van der Waals surface area contributed by atoms with Gasteiger partial charge in [-0.3, -0.25) is 0 Å². The maximum atomic E-state index is 12.3. The molecule has 1 unspecified atom stereocenters. The topological polar surface area (TPSA) is 81.1 Å². The number of likely N-dealkylation sites (tertiary alicyclic amines) is 1. The zero-order valence-electron chi connectivity index (χ0n) is 12.0. The number of likely N-dealkylation sites (N-methyl/N-ethyl adjacent to an activating group) is 1. The summed E-state index contributed by atoms with van der Waals surface area (Å²) in [5.41, 5.74) is 1.12. The zero-order valence-corrected chi connectivity index (χ0v) is 12.0. The Hall–Kier alpha value is -2.08. The van der Waals surface area contributed by atoms with Gasteiger partial charge in [-0.15, -0.1) is 0 Å². The second-order valence-electron chi connectivity index (χ2n) is 5.34. The van der Waals surface area contributed by atoms with Crippen molar-refractivity contribution < 1.29 is 19.8 Å². The number of carbonyl (C=O) groups excluding carboxylic acids is 1. The fraction of sp³-hybridized carbons (Fsp3) is 0.467. The van der Waals surface area contributed by atoms with Gasteiger partial charge in [0.15, 0.2) is 0 Å². The second-order valence-corrected chi connectivity index (χ2v) is 5.34. The molecule has 6 heteroatoms. The summed E-state index contributed by atoms with van der Waals surface area (Å²) in [4.78, 5) is 26.2. The standard InChI is InChI=1S/C15H20N2O4/c1-16(8-7-11-5-3-2-4-6-11)15(21)17-10-12(18)9-13(17)14(19)20/h2-6,12-13,18H,7-10H2,1H3,(H,19,20)/t12?,13-/m0/s1. The number of benzene rings is 1. The Bertz CT molecular complexity index is 506. The fourth-order valence-corrected chi connectivity index (χ4v) is 2.52. The highest BCUT2D eigenvalue weighted by atomic mass is 16.4. The molecule has 1 aliphatic heterocycles. The van der Waals surface area contributed by atoms with Crippen LogP contribution in [0.1, 0.15) is 12.0 Å². The highest BCUT2D eigenvalue weighted by molar-refractivity contribution is 5.83. The molecule has 1 aromatic rings. The van der Waals surface area contributed by atoms with Gasteiger partial charge in [-0.1, -0.05) is 30.3 Å². The lowest BCUT2D eigenvalue weighted by Crippen LogP contribution is -2.47. The number of hydrogen-bond donors (Lipinski definition) is 2. The van der Waals surface area contributed by atoms with Crippen molar-refractivity contribution in [1.82, 2.24) is 9.80 Å². The van der Waals surface area contributed by atoms with Gasteiger partial charge in [0.2, 0.25) is 0 Å². The van der Waals surface area contributed by atoms with E-state index in [0.717, 1.165) is 5.56 Å². The minimum atomic E-state index is -1.07. The van der Waals surface area contributed by atoms with Crippen LogP contribution < -0.4 is 0 Å². The van der Waals surface area contributed by atoms with Crippen molar-refractivity contribution >= 4 is 12.0 Å². The summed E-state index contributed by atoms with van der Waals surface area (Å²) in [6.07, 6.45) is 0.0303. The van der Waals surface area contributed by atoms with Crippen molar-refractivity contribution in [1.29, 1.82) is 0 Å². The molecule has 1 heterocycles. The van der Waals surface area contributed by atoms with Crippen LogP contribution in [0.3, 0.4) is 0 Å². The molecule has 0 saturated carbocycles. The summed E-state index contributed by atoms with van der Waals surface area (Å²) in [6.45, 7) is 0.577. The number of carbonyl (C=O) groups is 2. The number of hydrogen-bond acceptors (Lipinski definition) is 3. The molecule has 1 aromatic carbocycles. The third-order valence-corrected chi connectivity index (χ3v) is 3.72. The minimum absolute atomic E-state index is 0.0749. The zero-order chi connectivity index (χ0) is 15.4. The molecule has 0 radical (unpaired) electrons. The molecule has 1 saturated heterocycles. The van der Waals surface area contributed by atoms with E-state index in [1.807, 2.05) is 30.3 Å². The maximum absolute atomic E-state index is 12.3. The lowest BCUT2D eigenvalue weighted by atomic mass is 10.1. The molecule has 1 fully saturated rings. The molecule has 2 amide bonds. The van der Waals surface area contributed by atoms with Crippen LogP contribution in [-0.4, -0.2) is 64.3 Å². The summed E-state index contributed by atoms with van der Waals surface area (Å²) < 4.78 is 0. The second kappa shape index (κ2) is 6.58. The first-order valence-corrected chi connectivity index (χ1v) is 6.95. The Kier molecular flexibility index (Phi) is 4.80. The molecular weight excluding hydrogens is 272 g/mol. The van der Waals surface area contributed by atoms with Crippen LogP contribution in [-0.2, 0) is 11.2 Å². The smallest absolute Gasteiger partial charge is 0.326 e. The monoisotopic (exact) mass is 292 g/mol. The summed E-state index contributed by atoms with van der Waals surface area (Å²) in [7, 11) is 1.65. The number of aliphatic carboxylic acids is 1. The number of nitrogens with zero attached hydrogens (tertiary/aromatic N) is 2. The van der Waals surface area contributed by atoms with E-state index in [4.69, 9.17) is 5.11 Å². The normalized spacial score (nSPS) is 21.3. The first-order chi connectivity index (χ1) is 9.99. The summed E-state index contributed by atoms with van der Waals surface area (Å²) >= 11 is 0. The van der Waals surface area contributed by atoms with Crippen LogP contribution in [0.4, 0.5) is 4.79 Å². The molecule has 21 heavy (non-hydrogen) atoms. The number of carboxylic acids is 1. The Morgan fingerprint density at radius 2 is 2.00 bits per heavy atom. The minimum Gasteiger partial charge on any atom is -0.480 e. The van der Waals surface area contributed by atoms with Gasteiger partial charge in [-0.2, -0.15) is 0 Å². The number of β-amino-alcohol motifs (C(OH)–C–C–N with tert-alkyl or cyclic N) is 1. The molecule has 0 aliphatic carbocycles. The maximum Gasteiger partial charge on any atom is 0.326 e. The van der Waals surface area contributed by atoms with E-state index in [1.54, 1.807) is 7.05 Å². The van der Waals surface area contributed by atoms with Crippen LogP contribution in [0.15, 0.2) is 30.3 Å².